The summed E-state index contributed by atoms with van der Waals surface area (Å²) < 4.78 is 11.1. The fraction of sp³-hybridized carbons (Fsp3) is 0.412. The highest BCUT2D eigenvalue weighted by atomic mass is 32.2. The number of thioether (sulfide) groups is 1. The molecule has 0 aliphatic carbocycles. The van der Waals surface area contributed by atoms with Crippen LogP contribution >= 0.6 is 11.8 Å². The molecular formula is C17H20N4O2S. The lowest BCUT2D eigenvalue weighted by Gasteiger charge is -2.01. The molecule has 0 fully saturated rings. The lowest BCUT2D eigenvalue weighted by atomic mass is 10.1. The van der Waals surface area contributed by atoms with Gasteiger partial charge in [-0.2, -0.15) is 4.98 Å². The number of rotatable bonds is 7. The monoisotopic (exact) mass is 344 g/mol. The number of hydrogen-bond acceptors (Lipinski definition) is 7. The van der Waals surface area contributed by atoms with Crippen molar-refractivity contribution in [1.82, 2.24) is 20.3 Å². The molecule has 0 spiro atoms. The molecule has 0 saturated heterocycles. The van der Waals surface area contributed by atoms with Crippen molar-refractivity contribution in [2.24, 2.45) is 0 Å². The molecule has 126 valence electrons. The topological polar surface area (TPSA) is 77.8 Å². The van der Waals surface area contributed by atoms with Gasteiger partial charge in [0.2, 0.25) is 11.8 Å². The first-order valence-electron chi connectivity index (χ1n) is 8.06. The molecule has 1 atom stereocenters. The molecule has 0 aliphatic rings. The molecule has 0 aliphatic heterocycles. The minimum atomic E-state index is -0.0435. The minimum Gasteiger partial charge on any atom is -0.411 e. The fourth-order valence-electron chi connectivity index (χ4n) is 2.25. The summed E-state index contributed by atoms with van der Waals surface area (Å²) in [5, 5.41) is 12.7. The summed E-state index contributed by atoms with van der Waals surface area (Å²) in [7, 11) is 0. The van der Waals surface area contributed by atoms with Gasteiger partial charge in [-0.1, -0.05) is 48.5 Å². The van der Waals surface area contributed by atoms with Gasteiger partial charge in [-0.25, -0.2) is 0 Å². The third kappa shape index (κ3) is 3.84. The van der Waals surface area contributed by atoms with E-state index < -0.39 is 0 Å². The first-order valence-corrected chi connectivity index (χ1v) is 8.94. The maximum atomic E-state index is 5.77. The number of aromatic nitrogens is 4. The van der Waals surface area contributed by atoms with E-state index in [0.29, 0.717) is 17.0 Å². The highest BCUT2D eigenvalue weighted by molar-refractivity contribution is 7.99. The van der Waals surface area contributed by atoms with Gasteiger partial charge in [-0.15, -0.1) is 10.2 Å². The molecular weight excluding hydrogens is 324 g/mol. The van der Waals surface area contributed by atoms with Crippen LogP contribution in [0.4, 0.5) is 0 Å². The average Bonchev–Trinajstić information content (AvgIpc) is 3.23. The Balaban J connectivity index is 1.68. The van der Waals surface area contributed by atoms with Gasteiger partial charge in [0.15, 0.2) is 5.82 Å². The molecule has 0 N–H and O–H groups in total. The number of hydrogen-bond donors (Lipinski definition) is 0. The summed E-state index contributed by atoms with van der Waals surface area (Å²) in [5.74, 6) is 1.86. The molecule has 2 aromatic heterocycles. The second-order valence-corrected chi connectivity index (χ2v) is 6.89. The summed E-state index contributed by atoms with van der Waals surface area (Å²) in [6, 6.07) is 7.93. The van der Waals surface area contributed by atoms with Crippen LogP contribution in [0.2, 0.25) is 0 Å². The maximum Gasteiger partial charge on any atom is 0.277 e. The molecule has 6 nitrogen and oxygen atoms in total. The zero-order valence-electron chi connectivity index (χ0n) is 14.0. The summed E-state index contributed by atoms with van der Waals surface area (Å²) >= 11 is 1.42. The van der Waals surface area contributed by atoms with Crippen molar-refractivity contribution in [3.63, 3.8) is 0 Å². The van der Waals surface area contributed by atoms with Crippen molar-refractivity contribution in [2.75, 3.05) is 0 Å². The van der Waals surface area contributed by atoms with Crippen LogP contribution in [0.25, 0.3) is 11.5 Å². The standard InChI is InChI=1S/C17H20N4O2S/c1-4-5-10-14-18-15(23-21-14)12(3)24-17-20-19-16(22-17)13-9-7-6-8-11(13)2/h6-9,12H,4-5,10H2,1-3H3. The summed E-state index contributed by atoms with van der Waals surface area (Å²) in [6.07, 6.45) is 3.01. The SMILES string of the molecule is CCCCc1noc(C(C)Sc2nnc(-c3ccccc3C)o2)n1. The molecule has 2 heterocycles. The Morgan fingerprint density at radius 2 is 2.04 bits per heavy atom. The van der Waals surface area contributed by atoms with E-state index in [0.717, 1.165) is 36.2 Å². The van der Waals surface area contributed by atoms with Gasteiger partial charge in [-0.05, 0) is 31.9 Å². The van der Waals surface area contributed by atoms with Crippen molar-refractivity contribution < 1.29 is 8.94 Å². The Labute approximate surface area is 145 Å². The second-order valence-electron chi connectivity index (χ2n) is 5.60. The third-order valence-electron chi connectivity index (χ3n) is 3.65. The van der Waals surface area contributed by atoms with E-state index in [9.17, 15) is 0 Å². The lowest BCUT2D eigenvalue weighted by molar-refractivity contribution is 0.373. The molecule has 3 aromatic rings. The molecule has 24 heavy (non-hydrogen) atoms. The molecule has 0 saturated carbocycles. The Kier molecular flexibility index (Phi) is 5.30. The van der Waals surface area contributed by atoms with E-state index in [2.05, 4.69) is 27.3 Å². The number of unbranched alkanes of at least 4 members (excludes halogenated alkanes) is 1. The molecule has 0 radical (unpaired) electrons. The molecule has 3 rings (SSSR count). The van der Waals surface area contributed by atoms with Crippen LogP contribution in [0.15, 0.2) is 38.4 Å². The van der Waals surface area contributed by atoms with E-state index in [4.69, 9.17) is 8.94 Å². The Hall–Kier alpha value is -2.15. The molecule has 7 heteroatoms. The van der Waals surface area contributed by atoms with E-state index in [1.807, 2.05) is 38.1 Å². The number of benzene rings is 1. The van der Waals surface area contributed by atoms with Crippen LogP contribution in [0, 0.1) is 6.92 Å². The van der Waals surface area contributed by atoms with Gasteiger partial charge in [0.1, 0.15) is 0 Å². The van der Waals surface area contributed by atoms with Crippen molar-refractivity contribution >= 4 is 11.8 Å². The van der Waals surface area contributed by atoms with Crippen LogP contribution in [0.5, 0.6) is 0 Å². The van der Waals surface area contributed by atoms with Crippen LogP contribution in [0.3, 0.4) is 0 Å². The predicted molar refractivity (Wildman–Crippen MR) is 91.7 cm³/mol. The van der Waals surface area contributed by atoms with E-state index in [-0.39, 0.29) is 5.25 Å². The van der Waals surface area contributed by atoms with Crippen LogP contribution < -0.4 is 0 Å². The van der Waals surface area contributed by atoms with E-state index in [1.165, 1.54) is 11.8 Å². The average molecular weight is 344 g/mol. The van der Waals surface area contributed by atoms with Gasteiger partial charge < -0.3 is 8.94 Å². The van der Waals surface area contributed by atoms with Crippen molar-refractivity contribution in [3.05, 3.63) is 41.5 Å². The normalized spacial score (nSPS) is 12.5. The van der Waals surface area contributed by atoms with Crippen molar-refractivity contribution in [1.29, 1.82) is 0 Å². The first kappa shape index (κ1) is 16.7. The predicted octanol–water partition coefficient (Wildman–Crippen LogP) is 4.62. The molecule has 1 unspecified atom stereocenters. The molecule has 0 amide bonds. The fourth-order valence-corrected chi connectivity index (χ4v) is 2.96. The van der Waals surface area contributed by atoms with Crippen molar-refractivity contribution in [3.8, 4) is 11.5 Å². The maximum absolute atomic E-state index is 5.77. The Morgan fingerprint density at radius 1 is 1.21 bits per heavy atom. The summed E-state index contributed by atoms with van der Waals surface area (Å²) in [4.78, 5) is 4.43. The van der Waals surface area contributed by atoms with Gasteiger partial charge in [-0.3, -0.25) is 0 Å². The third-order valence-corrected chi connectivity index (χ3v) is 4.57. The minimum absolute atomic E-state index is 0.0435. The van der Waals surface area contributed by atoms with Gasteiger partial charge in [0, 0.05) is 12.0 Å². The van der Waals surface area contributed by atoms with E-state index >= 15 is 0 Å². The summed E-state index contributed by atoms with van der Waals surface area (Å²) in [6.45, 7) is 6.14. The summed E-state index contributed by atoms with van der Waals surface area (Å²) in [5.41, 5.74) is 2.05. The largest absolute Gasteiger partial charge is 0.411 e. The van der Waals surface area contributed by atoms with E-state index in [1.54, 1.807) is 0 Å². The van der Waals surface area contributed by atoms with Gasteiger partial charge in [0.05, 0.1) is 5.25 Å². The molecule has 1 aromatic carbocycles. The smallest absolute Gasteiger partial charge is 0.277 e. The highest BCUT2D eigenvalue weighted by Gasteiger charge is 2.19. The zero-order valence-corrected chi connectivity index (χ0v) is 14.8. The van der Waals surface area contributed by atoms with Crippen molar-refractivity contribution in [2.45, 2.75) is 50.5 Å². The highest BCUT2D eigenvalue weighted by Crippen LogP contribution is 2.34. The Morgan fingerprint density at radius 3 is 2.83 bits per heavy atom. The Bertz CT molecular complexity index is 799. The van der Waals surface area contributed by atoms with Crippen LogP contribution in [0.1, 0.15) is 49.2 Å². The number of aryl methyl sites for hydroxylation is 2. The van der Waals surface area contributed by atoms with Gasteiger partial charge in [0.25, 0.3) is 5.22 Å². The zero-order chi connectivity index (χ0) is 16.9. The lowest BCUT2D eigenvalue weighted by Crippen LogP contribution is -1.91. The first-order chi connectivity index (χ1) is 11.7. The number of nitrogens with zero attached hydrogens (tertiary/aromatic N) is 4. The molecule has 0 bridgehead atoms. The van der Waals surface area contributed by atoms with Crippen LogP contribution in [-0.2, 0) is 6.42 Å². The quantitative estimate of drug-likeness (QED) is 0.578. The second kappa shape index (κ2) is 7.61. The van der Waals surface area contributed by atoms with Crippen LogP contribution in [-0.4, -0.2) is 20.3 Å². The van der Waals surface area contributed by atoms with Gasteiger partial charge >= 0.3 is 0 Å².